The van der Waals surface area contributed by atoms with Gasteiger partial charge in [-0.25, -0.2) is 0 Å². The molecule has 6 nitrogen and oxygen atoms in total. The van der Waals surface area contributed by atoms with Gasteiger partial charge in [-0.3, -0.25) is 15.5 Å². The molecular formula is C8H13N5OS3. The maximum Gasteiger partial charge on any atom is 0.236 e. The van der Waals surface area contributed by atoms with Gasteiger partial charge < -0.3 is 5.73 Å². The first-order valence-electron chi connectivity index (χ1n) is 4.85. The number of thioether (sulfide) groups is 2. The standard InChI is InChI=1S/C8H13N5OS3/c1-2-3-15-8-12-7(17-13-8)11-5(14)4-16-6(9)10/h2-4H2,1H3,(H3,9,10)(H,11,12,13,14). The lowest BCUT2D eigenvalue weighted by molar-refractivity contribution is -0.113. The van der Waals surface area contributed by atoms with Gasteiger partial charge in [0.25, 0.3) is 0 Å². The van der Waals surface area contributed by atoms with Crippen molar-refractivity contribution in [3.8, 4) is 0 Å². The highest BCUT2D eigenvalue weighted by Gasteiger charge is 2.08. The molecule has 0 fully saturated rings. The zero-order valence-electron chi connectivity index (χ0n) is 9.23. The summed E-state index contributed by atoms with van der Waals surface area (Å²) in [5, 5.41) is 10.7. The second-order valence-electron chi connectivity index (χ2n) is 2.93. The molecule has 0 unspecified atom stereocenters. The van der Waals surface area contributed by atoms with Crippen molar-refractivity contribution in [1.29, 1.82) is 5.41 Å². The highest BCUT2D eigenvalue weighted by atomic mass is 32.2. The smallest absolute Gasteiger partial charge is 0.236 e. The largest absolute Gasteiger partial charge is 0.379 e. The number of carbonyl (C=O) groups is 1. The summed E-state index contributed by atoms with van der Waals surface area (Å²) in [5.41, 5.74) is 5.13. The number of aromatic nitrogens is 2. The Hall–Kier alpha value is -0.800. The third kappa shape index (κ3) is 5.89. The predicted molar refractivity (Wildman–Crippen MR) is 73.9 cm³/mol. The molecule has 1 heterocycles. The zero-order valence-corrected chi connectivity index (χ0v) is 11.7. The Balaban J connectivity index is 2.37. The molecule has 17 heavy (non-hydrogen) atoms. The molecule has 0 aliphatic heterocycles. The molecule has 0 radical (unpaired) electrons. The Kier molecular flexibility index (Phi) is 6.30. The van der Waals surface area contributed by atoms with Crippen LogP contribution >= 0.6 is 35.1 Å². The van der Waals surface area contributed by atoms with E-state index in [-0.39, 0.29) is 16.8 Å². The number of rotatable bonds is 6. The number of amidine groups is 1. The maximum atomic E-state index is 11.4. The summed E-state index contributed by atoms with van der Waals surface area (Å²) in [6.45, 7) is 2.08. The highest BCUT2D eigenvalue weighted by molar-refractivity contribution is 8.14. The summed E-state index contributed by atoms with van der Waals surface area (Å²) < 4.78 is 4.11. The van der Waals surface area contributed by atoms with Crippen LogP contribution in [0, 0.1) is 5.41 Å². The van der Waals surface area contributed by atoms with E-state index in [0.717, 1.165) is 35.5 Å². The van der Waals surface area contributed by atoms with Gasteiger partial charge in [-0.1, -0.05) is 30.4 Å². The molecule has 0 aromatic carbocycles. The average molecular weight is 291 g/mol. The number of nitrogens with zero attached hydrogens (tertiary/aromatic N) is 2. The first kappa shape index (κ1) is 14.3. The van der Waals surface area contributed by atoms with Crippen LogP contribution in [-0.2, 0) is 4.79 Å². The van der Waals surface area contributed by atoms with E-state index < -0.39 is 0 Å². The molecular weight excluding hydrogens is 278 g/mol. The topological polar surface area (TPSA) is 105 Å². The van der Waals surface area contributed by atoms with Crippen LogP contribution in [0.5, 0.6) is 0 Å². The Bertz CT molecular complexity index is 394. The van der Waals surface area contributed by atoms with Crippen molar-refractivity contribution in [2.45, 2.75) is 18.5 Å². The van der Waals surface area contributed by atoms with E-state index in [9.17, 15) is 4.79 Å². The van der Waals surface area contributed by atoms with Gasteiger partial charge in [0.05, 0.1) is 5.75 Å². The summed E-state index contributed by atoms with van der Waals surface area (Å²) in [6.07, 6.45) is 1.06. The summed E-state index contributed by atoms with van der Waals surface area (Å²) in [4.78, 5) is 15.5. The summed E-state index contributed by atoms with van der Waals surface area (Å²) in [5.74, 6) is 0.852. The Morgan fingerprint density at radius 3 is 3.06 bits per heavy atom. The minimum atomic E-state index is -0.228. The molecule has 1 amide bonds. The van der Waals surface area contributed by atoms with Crippen molar-refractivity contribution in [1.82, 2.24) is 9.36 Å². The van der Waals surface area contributed by atoms with E-state index >= 15 is 0 Å². The molecule has 94 valence electrons. The van der Waals surface area contributed by atoms with Crippen LogP contribution in [0.1, 0.15) is 13.3 Å². The SMILES string of the molecule is CCCSc1nsc(NC(=O)CSC(=N)N)n1. The van der Waals surface area contributed by atoms with E-state index in [1.807, 2.05) is 0 Å². The Labute approximate surface area is 112 Å². The van der Waals surface area contributed by atoms with Gasteiger partial charge in [0, 0.05) is 17.3 Å². The molecule has 1 aromatic rings. The number of carbonyl (C=O) groups excluding carboxylic acids is 1. The monoisotopic (exact) mass is 291 g/mol. The van der Waals surface area contributed by atoms with Crippen molar-refractivity contribution >= 4 is 51.3 Å². The minimum absolute atomic E-state index is 0.0726. The number of anilines is 1. The first-order chi connectivity index (χ1) is 8.11. The third-order valence-electron chi connectivity index (χ3n) is 1.45. The first-order valence-corrected chi connectivity index (χ1v) is 7.59. The number of hydrogen-bond donors (Lipinski definition) is 3. The minimum Gasteiger partial charge on any atom is -0.379 e. The molecule has 0 saturated carbocycles. The highest BCUT2D eigenvalue weighted by Crippen LogP contribution is 2.20. The van der Waals surface area contributed by atoms with Crippen molar-refractivity contribution in [3.05, 3.63) is 0 Å². The van der Waals surface area contributed by atoms with Crippen molar-refractivity contribution in [2.75, 3.05) is 16.8 Å². The number of hydrogen-bond acceptors (Lipinski definition) is 7. The number of nitrogens with two attached hydrogens (primary N) is 1. The van der Waals surface area contributed by atoms with Crippen LogP contribution < -0.4 is 11.1 Å². The van der Waals surface area contributed by atoms with Gasteiger partial charge >= 0.3 is 0 Å². The molecule has 1 rings (SSSR count). The molecule has 0 bridgehead atoms. The zero-order chi connectivity index (χ0) is 12.7. The van der Waals surface area contributed by atoms with E-state index in [1.165, 1.54) is 0 Å². The molecule has 1 aromatic heterocycles. The second kappa shape index (κ2) is 7.51. The lowest BCUT2D eigenvalue weighted by Gasteiger charge is -1.99. The fourth-order valence-electron chi connectivity index (χ4n) is 0.811. The quantitative estimate of drug-likeness (QED) is 0.418. The van der Waals surface area contributed by atoms with Crippen LogP contribution in [0.25, 0.3) is 0 Å². The molecule has 9 heteroatoms. The van der Waals surface area contributed by atoms with Crippen LogP contribution in [0.4, 0.5) is 5.13 Å². The third-order valence-corrected chi connectivity index (χ3v) is 3.96. The Morgan fingerprint density at radius 2 is 2.41 bits per heavy atom. The van der Waals surface area contributed by atoms with Gasteiger partial charge in [0.1, 0.15) is 0 Å². The van der Waals surface area contributed by atoms with Gasteiger partial charge in [-0.15, -0.1) is 0 Å². The van der Waals surface area contributed by atoms with Crippen molar-refractivity contribution < 1.29 is 4.79 Å². The van der Waals surface area contributed by atoms with Gasteiger partial charge in [-0.05, 0) is 6.42 Å². The molecule has 0 atom stereocenters. The van der Waals surface area contributed by atoms with E-state index in [1.54, 1.807) is 11.8 Å². The van der Waals surface area contributed by atoms with Crippen molar-refractivity contribution in [2.24, 2.45) is 5.73 Å². The maximum absolute atomic E-state index is 11.4. The predicted octanol–water partition coefficient (Wildman–Crippen LogP) is 1.61. The van der Waals surface area contributed by atoms with E-state index in [4.69, 9.17) is 11.1 Å². The average Bonchev–Trinajstić information content (AvgIpc) is 2.71. The molecule has 0 saturated heterocycles. The van der Waals surface area contributed by atoms with Crippen LogP contribution in [-0.4, -0.2) is 31.9 Å². The molecule has 0 aliphatic rings. The summed E-state index contributed by atoms with van der Waals surface area (Å²) in [7, 11) is 0. The fourth-order valence-corrected chi connectivity index (χ4v) is 2.59. The van der Waals surface area contributed by atoms with Gasteiger partial charge in [-0.2, -0.15) is 9.36 Å². The van der Waals surface area contributed by atoms with Crippen LogP contribution in [0.3, 0.4) is 0 Å². The van der Waals surface area contributed by atoms with Crippen LogP contribution in [0.2, 0.25) is 0 Å². The molecule has 0 aliphatic carbocycles. The van der Waals surface area contributed by atoms with E-state index in [2.05, 4.69) is 21.6 Å². The lowest BCUT2D eigenvalue weighted by atomic mass is 10.6. The number of amides is 1. The summed E-state index contributed by atoms with van der Waals surface area (Å²) >= 11 is 3.70. The van der Waals surface area contributed by atoms with Gasteiger partial charge in [0.2, 0.25) is 16.2 Å². The van der Waals surface area contributed by atoms with Gasteiger partial charge in [0.15, 0.2) is 5.17 Å². The fraction of sp³-hybridized carbons (Fsp3) is 0.500. The van der Waals surface area contributed by atoms with Crippen LogP contribution in [0.15, 0.2) is 5.16 Å². The molecule has 4 N–H and O–H groups in total. The second-order valence-corrected chi connectivity index (χ2v) is 5.76. The Morgan fingerprint density at radius 1 is 1.65 bits per heavy atom. The van der Waals surface area contributed by atoms with Crippen molar-refractivity contribution in [3.63, 3.8) is 0 Å². The van der Waals surface area contributed by atoms with E-state index in [0.29, 0.717) is 10.3 Å². The normalized spacial score (nSPS) is 10.2. The number of nitrogens with one attached hydrogen (secondary N) is 2. The summed E-state index contributed by atoms with van der Waals surface area (Å²) in [6, 6.07) is 0. The lowest BCUT2D eigenvalue weighted by Crippen LogP contribution is -2.17. The molecule has 0 spiro atoms.